The minimum Gasteiger partial charge on any atom is -0.207 e. The number of hydrogen-bond donors (Lipinski definition) is 0. The van der Waals surface area contributed by atoms with E-state index in [1.807, 2.05) is 0 Å². The topological polar surface area (TPSA) is 0 Å². The Labute approximate surface area is 80.7 Å². The third-order valence-electron chi connectivity index (χ3n) is 2.22. The van der Waals surface area contributed by atoms with Gasteiger partial charge in [0.25, 0.3) is 0 Å². The molecule has 0 aliphatic carbocycles. The summed E-state index contributed by atoms with van der Waals surface area (Å²) in [5, 5.41) is 0. The van der Waals surface area contributed by atoms with E-state index < -0.39 is 5.92 Å². The summed E-state index contributed by atoms with van der Waals surface area (Å²) in [5.74, 6) is -2.45. The molecule has 0 N–H and O–H groups in total. The molecule has 0 atom stereocenters. The number of alkyl halides is 2. The van der Waals surface area contributed by atoms with Gasteiger partial charge in [0, 0.05) is 6.42 Å². The fourth-order valence-corrected chi connectivity index (χ4v) is 1.39. The molecule has 0 radical (unpaired) electrons. The van der Waals surface area contributed by atoms with E-state index in [0.717, 1.165) is 19.8 Å². The molecule has 0 fully saturated rings. The molecule has 2 heteroatoms. The average Bonchev–Trinajstić information content (AvgIpc) is 2.01. The molecule has 0 saturated heterocycles. The minimum absolute atomic E-state index is 0.0563. The Kier molecular flexibility index (Phi) is 7.20. The lowest BCUT2D eigenvalue weighted by Gasteiger charge is -2.08. The Bertz CT molecular complexity index is 105. The molecule has 0 aromatic carbocycles. The summed E-state index contributed by atoms with van der Waals surface area (Å²) in [6.07, 6.45) is 7.82. The maximum atomic E-state index is 12.4. The summed E-state index contributed by atoms with van der Waals surface area (Å²) in [4.78, 5) is 0. The van der Waals surface area contributed by atoms with Gasteiger partial charge in [-0.3, -0.25) is 0 Å². The van der Waals surface area contributed by atoms with Crippen molar-refractivity contribution in [1.29, 1.82) is 0 Å². The monoisotopic (exact) mass is 192 g/mol. The van der Waals surface area contributed by atoms with Crippen LogP contribution in [0.2, 0.25) is 0 Å². The first-order valence-electron chi connectivity index (χ1n) is 5.44. The highest BCUT2D eigenvalue weighted by molar-refractivity contribution is 4.57. The van der Waals surface area contributed by atoms with Crippen molar-refractivity contribution >= 4 is 0 Å². The predicted octanol–water partition coefficient (Wildman–Crippen LogP) is 4.78. The summed E-state index contributed by atoms with van der Waals surface area (Å²) in [7, 11) is 0. The van der Waals surface area contributed by atoms with Gasteiger partial charge >= 0.3 is 0 Å². The molecular weight excluding hydrogens is 170 g/mol. The van der Waals surface area contributed by atoms with Crippen LogP contribution >= 0.6 is 0 Å². The quantitative estimate of drug-likeness (QED) is 0.485. The molecule has 0 spiro atoms. The van der Waals surface area contributed by atoms with Crippen LogP contribution in [0, 0.1) is 0 Å². The summed E-state index contributed by atoms with van der Waals surface area (Å²) >= 11 is 0. The Balaban J connectivity index is 3.00. The standard InChI is InChI=1S/C11H22F2/c1-3-4-5-6-7-8-9-10-11(2,12)13/h3-10H2,1-2H3. The maximum Gasteiger partial charge on any atom is 0.245 e. The van der Waals surface area contributed by atoms with Gasteiger partial charge in [0.15, 0.2) is 0 Å². The SMILES string of the molecule is CCCCCCCCCC(C)(F)F. The fourth-order valence-electron chi connectivity index (χ4n) is 1.39. The van der Waals surface area contributed by atoms with Crippen LogP contribution < -0.4 is 0 Å². The van der Waals surface area contributed by atoms with Gasteiger partial charge in [-0.25, -0.2) is 8.78 Å². The van der Waals surface area contributed by atoms with Gasteiger partial charge in [-0.15, -0.1) is 0 Å². The first kappa shape index (κ1) is 12.9. The number of halogens is 2. The van der Waals surface area contributed by atoms with E-state index in [2.05, 4.69) is 6.92 Å². The Morgan fingerprint density at radius 1 is 0.846 bits per heavy atom. The van der Waals surface area contributed by atoms with E-state index in [0.29, 0.717) is 6.42 Å². The van der Waals surface area contributed by atoms with Crippen molar-refractivity contribution in [2.75, 3.05) is 0 Å². The van der Waals surface area contributed by atoms with E-state index in [1.165, 1.54) is 25.7 Å². The van der Waals surface area contributed by atoms with Crippen LogP contribution in [0.15, 0.2) is 0 Å². The summed E-state index contributed by atoms with van der Waals surface area (Å²) in [6, 6.07) is 0. The summed E-state index contributed by atoms with van der Waals surface area (Å²) < 4.78 is 24.7. The summed E-state index contributed by atoms with van der Waals surface area (Å²) in [5.41, 5.74) is 0. The van der Waals surface area contributed by atoms with Crippen molar-refractivity contribution in [1.82, 2.24) is 0 Å². The van der Waals surface area contributed by atoms with Crippen LogP contribution in [-0.2, 0) is 0 Å². The lowest BCUT2D eigenvalue weighted by Crippen LogP contribution is -2.08. The molecule has 0 aromatic rings. The van der Waals surface area contributed by atoms with E-state index in [9.17, 15) is 8.78 Å². The van der Waals surface area contributed by atoms with Gasteiger partial charge < -0.3 is 0 Å². The van der Waals surface area contributed by atoms with Crippen LogP contribution in [0.5, 0.6) is 0 Å². The van der Waals surface area contributed by atoms with Crippen LogP contribution in [0.1, 0.15) is 65.2 Å². The minimum atomic E-state index is -2.45. The van der Waals surface area contributed by atoms with E-state index >= 15 is 0 Å². The second-order valence-electron chi connectivity index (χ2n) is 3.94. The van der Waals surface area contributed by atoms with Crippen molar-refractivity contribution in [2.45, 2.75) is 71.1 Å². The van der Waals surface area contributed by atoms with Crippen LogP contribution in [0.3, 0.4) is 0 Å². The lowest BCUT2D eigenvalue weighted by molar-refractivity contribution is 0.0103. The normalized spacial score (nSPS) is 12.0. The van der Waals surface area contributed by atoms with Crippen molar-refractivity contribution < 1.29 is 8.78 Å². The largest absolute Gasteiger partial charge is 0.245 e. The molecular formula is C11H22F2. The highest BCUT2D eigenvalue weighted by atomic mass is 19.3. The van der Waals surface area contributed by atoms with Crippen molar-refractivity contribution in [3.05, 3.63) is 0 Å². The molecule has 0 nitrogen and oxygen atoms in total. The highest BCUT2D eigenvalue weighted by Crippen LogP contribution is 2.20. The number of unbranched alkanes of at least 4 members (excludes halogenated alkanes) is 6. The molecule has 80 valence electrons. The van der Waals surface area contributed by atoms with E-state index in [4.69, 9.17) is 0 Å². The number of hydrogen-bond acceptors (Lipinski definition) is 0. The Morgan fingerprint density at radius 3 is 1.77 bits per heavy atom. The van der Waals surface area contributed by atoms with Crippen molar-refractivity contribution in [3.63, 3.8) is 0 Å². The molecule has 0 heterocycles. The fraction of sp³-hybridized carbons (Fsp3) is 1.00. The van der Waals surface area contributed by atoms with Crippen molar-refractivity contribution in [3.8, 4) is 0 Å². The molecule has 0 amide bonds. The number of rotatable bonds is 8. The maximum absolute atomic E-state index is 12.4. The second kappa shape index (κ2) is 7.28. The molecule has 0 rings (SSSR count). The molecule has 13 heavy (non-hydrogen) atoms. The van der Waals surface area contributed by atoms with Gasteiger partial charge in [0.05, 0.1) is 0 Å². The van der Waals surface area contributed by atoms with Crippen LogP contribution in [0.25, 0.3) is 0 Å². The van der Waals surface area contributed by atoms with E-state index in [-0.39, 0.29) is 6.42 Å². The zero-order valence-corrected chi connectivity index (χ0v) is 8.91. The summed E-state index contributed by atoms with van der Waals surface area (Å²) in [6.45, 7) is 3.18. The highest BCUT2D eigenvalue weighted by Gasteiger charge is 2.19. The van der Waals surface area contributed by atoms with Gasteiger partial charge in [-0.2, -0.15) is 0 Å². The zero-order valence-electron chi connectivity index (χ0n) is 8.91. The third-order valence-corrected chi connectivity index (χ3v) is 2.22. The van der Waals surface area contributed by atoms with Gasteiger partial charge in [0.2, 0.25) is 5.92 Å². The smallest absolute Gasteiger partial charge is 0.207 e. The lowest BCUT2D eigenvalue weighted by atomic mass is 10.1. The molecule has 0 bridgehead atoms. The van der Waals surface area contributed by atoms with Gasteiger partial charge in [0.1, 0.15) is 0 Å². The Hall–Kier alpha value is -0.140. The van der Waals surface area contributed by atoms with Crippen molar-refractivity contribution in [2.24, 2.45) is 0 Å². The molecule has 0 aliphatic rings. The molecule has 0 saturated carbocycles. The van der Waals surface area contributed by atoms with Crippen LogP contribution in [0.4, 0.5) is 8.78 Å². The second-order valence-corrected chi connectivity index (χ2v) is 3.94. The first-order chi connectivity index (χ1) is 6.06. The van der Waals surface area contributed by atoms with Gasteiger partial charge in [-0.1, -0.05) is 45.4 Å². The Morgan fingerprint density at radius 2 is 1.31 bits per heavy atom. The third kappa shape index (κ3) is 11.9. The van der Waals surface area contributed by atoms with Gasteiger partial charge in [-0.05, 0) is 13.3 Å². The zero-order chi connectivity index (χ0) is 10.2. The van der Waals surface area contributed by atoms with E-state index in [1.54, 1.807) is 0 Å². The first-order valence-corrected chi connectivity index (χ1v) is 5.44. The molecule has 0 aromatic heterocycles. The molecule has 0 aliphatic heterocycles. The predicted molar refractivity (Wildman–Crippen MR) is 53.2 cm³/mol. The molecule has 0 unspecified atom stereocenters. The van der Waals surface area contributed by atoms with Crippen LogP contribution in [-0.4, -0.2) is 5.92 Å². The average molecular weight is 192 g/mol.